The third-order valence-corrected chi connectivity index (χ3v) is 2.23. The minimum atomic E-state index is -0.953. The molecule has 0 aromatic heterocycles. The predicted molar refractivity (Wildman–Crippen MR) is 58.8 cm³/mol. The molecule has 1 aromatic carbocycles. The molecule has 1 heterocycles. The smallest absolute Gasteiger partial charge is 0.350 e. The standard InChI is InChI=1S/C12H8O7/c1-5(13)17-7-3-4-8(18-6(2)14)10-9(7)11(15)19-12(10)16/h3-4H,1-2H3. The number of hydrogen-bond donors (Lipinski definition) is 0. The van der Waals surface area contributed by atoms with Crippen molar-refractivity contribution in [1.82, 2.24) is 0 Å². The number of hydrogen-bond acceptors (Lipinski definition) is 7. The maximum Gasteiger partial charge on any atom is 0.350 e. The van der Waals surface area contributed by atoms with Gasteiger partial charge in [0.1, 0.15) is 22.6 Å². The van der Waals surface area contributed by atoms with E-state index in [0.717, 1.165) is 13.8 Å². The first-order valence-electron chi connectivity index (χ1n) is 5.20. The maximum atomic E-state index is 11.5. The average Bonchev–Trinajstić information content (AvgIpc) is 2.57. The van der Waals surface area contributed by atoms with Crippen LogP contribution in [0.3, 0.4) is 0 Å². The second kappa shape index (κ2) is 4.52. The van der Waals surface area contributed by atoms with Crippen LogP contribution in [0.25, 0.3) is 0 Å². The van der Waals surface area contributed by atoms with E-state index < -0.39 is 23.9 Å². The molecule has 1 aliphatic rings. The van der Waals surface area contributed by atoms with Crippen LogP contribution in [-0.4, -0.2) is 23.9 Å². The van der Waals surface area contributed by atoms with Crippen LogP contribution in [0.15, 0.2) is 12.1 Å². The molecule has 19 heavy (non-hydrogen) atoms. The summed E-state index contributed by atoms with van der Waals surface area (Å²) in [7, 11) is 0. The van der Waals surface area contributed by atoms with Crippen LogP contribution in [0.5, 0.6) is 11.5 Å². The molecule has 7 nitrogen and oxygen atoms in total. The Balaban J connectivity index is 2.59. The fraction of sp³-hybridized carbons (Fsp3) is 0.167. The van der Waals surface area contributed by atoms with Crippen molar-refractivity contribution >= 4 is 23.9 Å². The molecular formula is C12H8O7. The summed E-state index contributed by atoms with van der Waals surface area (Å²) in [6.07, 6.45) is 0. The van der Waals surface area contributed by atoms with Crippen LogP contribution >= 0.6 is 0 Å². The Morgan fingerprint density at radius 1 is 0.895 bits per heavy atom. The fourth-order valence-corrected chi connectivity index (χ4v) is 1.64. The summed E-state index contributed by atoms with van der Waals surface area (Å²) >= 11 is 0. The number of fused-ring (bicyclic) bond motifs is 1. The van der Waals surface area contributed by atoms with E-state index in [0.29, 0.717) is 0 Å². The summed E-state index contributed by atoms with van der Waals surface area (Å²) < 4.78 is 14.0. The fourth-order valence-electron chi connectivity index (χ4n) is 1.64. The number of esters is 4. The van der Waals surface area contributed by atoms with Crippen molar-refractivity contribution in [2.24, 2.45) is 0 Å². The molecule has 0 saturated heterocycles. The quantitative estimate of drug-likeness (QED) is 0.443. The Morgan fingerprint density at radius 3 is 1.58 bits per heavy atom. The number of carbonyl (C=O) groups excluding carboxylic acids is 4. The Morgan fingerprint density at radius 2 is 1.26 bits per heavy atom. The molecule has 0 spiro atoms. The number of carbonyl (C=O) groups is 4. The minimum Gasteiger partial charge on any atom is -0.426 e. The number of rotatable bonds is 2. The zero-order valence-corrected chi connectivity index (χ0v) is 10.0. The van der Waals surface area contributed by atoms with Gasteiger partial charge in [-0.25, -0.2) is 9.59 Å². The Hall–Kier alpha value is -2.70. The largest absolute Gasteiger partial charge is 0.426 e. The van der Waals surface area contributed by atoms with E-state index >= 15 is 0 Å². The molecule has 1 aliphatic heterocycles. The molecule has 0 bridgehead atoms. The zero-order valence-electron chi connectivity index (χ0n) is 10.0. The molecule has 0 N–H and O–H groups in total. The first kappa shape index (κ1) is 12.7. The number of ether oxygens (including phenoxy) is 3. The van der Waals surface area contributed by atoms with Crippen molar-refractivity contribution in [3.05, 3.63) is 23.3 Å². The summed E-state index contributed by atoms with van der Waals surface area (Å²) in [5.41, 5.74) is -0.446. The molecule has 0 amide bonds. The van der Waals surface area contributed by atoms with E-state index in [9.17, 15) is 19.2 Å². The van der Waals surface area contributed by atoms with Crippen LogP contribution in [0.2, 0.25) is 0 Å². The number of cyclic esters (lactones) is 2. The molecule has 0 saturated carbocycles. The molecule has 2 rings (SSSR count). The molecule has 98 valence electrons. The van der Waals surface area contributed by atoms with Gasteiger partial charge in [0.05, 0.1) is 0 Å². The van der Waals surface area contributed by atoms with Crippen LogP contribution in [0.4, 0.5) is 0 Å². The summed E-state index contributed by atoms with van der Waals surface area (Å²) in [6.45, 7) is 2.29. The molecule has 0 atom stereocenters. The van der Waals surface area contributed by atoms with Gasteiger partial charge in [0.15, 0.2) is 0 Å². The lowest BCUT2D eigenvalue weighted by Gasteiger charge is -2.08. The third-order valence-electron chi connectivity index (χ3n) is 2.23. The molecule has 1 aromatic rings. The van der Waals surface area contributed by atoms with Crippen molar-refractivity contribution in [2.75, 3.05) is 0 Å². The lowest BCUT2D eigenvalue weighted by molar-refractivity contribution is -0.133. The average molecular weight is 264 g/mol. The van der Waals surface area contributed by atoms with Gasteiger partial charge in [0.2, 0.25) is 0 Å². The summed E-state index contributed by atoms with van der Waals surface area (Å²) in [5, 5.41) is 0. The van der Waals surface area contributed by atoms with Gasteiger partial charge in [0.25, 0.3) is 0 Å². The SMILES string of the molecule is CC(=O)Oc1ccc(OC(C)=O)c2c1C(=O)OC2=O. The van der Waals surface area contributed by atoms with Gasteiger partial charge in [-0.3, -0.25) is 9.59 Å². The third kappa shape index (κ3) is 2.30. The summed E-state index contributed by atoms with van der Waals surface area (Å²) in [5.74, 6) is -3.46. The van der Waals surface area contributed by atoms with Crippen LogP contribution in [-0.2, 0) is 14.3 Å². The minimum absolute atomic E-state index is 0.116. The van der Waals surface area contributed by atoms with E-state index in [1.807, 2.05) is 0 Å². The lowest BCUT2D eigenvalue weighted by atomic mass is 10.1. The van der Waals surface area contributed by atoms with Crippen LogP contribution in [0, 0.1) is 0 Å². The molecular weight excluding hydrogens is 256 g/mol. The first-order chi connectivity index (χ1) is 8.90. The second-order valence-corrected chi connectivity index (χ2v) is 3.68. The molecule has 0 aliphatic carbocycles. The van der Waals surface area contributed by atoms with Gasteiger partial charge in [-0.05, 0) is 12.1 Å². The maximum absolute atomic E-state index is 11.5. The Bertz CT molecular complexity index is 562. The molecule has 0 fully saturated rings. The van der Waals surface area contributed by atoms with Gasteiger partial charge >= 0.3 is 23.9 Å². The van der Waals surface area contributed by atoms with Gasteiger partial charge in [0, 0.05) is 13.8 Å². The molecule has 7 heteroatoms. The normalized spacial score (nSPS) is 12.7. The highest BCUT2D eigenvalue weighted by Crippen LogP contribution is 2.36. The second-order valence-electron chi connectivity index (χ2n) is 3.68. The van der Waals surface area contributed by atoms with Gasteiger partial charge in [-0.2, -0.15) is 0 Å². The highest BCUT2D eigenvalue weighted by Gasteiger charge is 2.37. The highest BCUT2D eigenvalue weighted by molar-refractivity contribution is 6.18. The summed E-state index contributed by atoms with van der Waals surface area (Å²) in [6, 6.07) is 2.50. The van der Waals surface area contributed by atoms with E-state index in [1.165, 1.54) is 12.1 Å². The Labute approximate surface area is 107 Å². The van der Waals surface area contributed by atoms with E-state index in [4.69, 9.17) is 9.47 Å². The molecule has 0 unspecified atom stereocenters. The van der Waals surface area contributed by atoms with Crippen molar-refractivity contribution in [2.45, 2.75) is 13.8 Å². The van der Waals surface area contributed by atoms with Crippen molar-refractivity contribution in [3.8, 4) is 11.5 Å². The highest BCUT2D eigenvalue weighted by atomic mass is 16.6. The first-order valence-corrected chi connectivity index (χ1v) is 5.20. The van der Waals surface area contributed by atoms with Gasteiger partial charge < -0.3 is 14.2 Å². The van der Waals surface area contributed by atoms with Crippen LogP contribution < -0.4 is 9.47 Å². The van der Waals surface area contributed by atoms with Crippen LogP contribution in [0.1, 0.15) is 34.6 Å². The Kier molecular flexibility index (Phi) is 3.04. The van der Waals surface area contributed by atoms with Gasteiger partial charge in [-0.15, -0.1) is 0 Å². The van der Waals surface area contributed by atoms with Crippen molar-refractivity contribution in [3.63, 3.8) is 0 Å². The van der Waals surface area contributed by atoms with E-state index in [1.54, 1.807) is 0 Å². The van der Waals surface area contributed by atoms with E-state index in [2.05, 4.69) is 4.74 Å². The molecule has 0 radical (unpaired) electrons. The van der Waals surface area contributed by atoms with Crippen molar-refractivity contribution < 1.29 is 33.4 Å². The zero-order chi connectivity index (χ0) is 14.2. The van der Waals surface area contributed by atoms with Crippen molar-refractivity contribution in [1.29, 1.82) is 0 Å². The number of benzene rings is 1. The topological polar surface area (TPSA) is 96.0 Å². The monoisotopic (exact) mass is 264 g/mol. The predicted octanol–water partition coefficient (Wildman–Crippen LogP) is 0.848. The summed E-state index contributed by atoms with van der Waals surface area (Å²) in [4.78, 5) is 44.9. The lowest BCUT2D eigenvalue weighted by Crippen LogP contribution is -2.09. The van der Waals surface area contributed by atoms with Gasteiger partial charge in [-0.1, -0.05) is 0 Å². The van der Waals surface area contributed by atoms with E-state index in [-0.39, 0.29) is 22.6 Å².